The zero-order chi connectivity index (χ0) is 21.6. The summed E-state index contributed by atoms with van der Waals surface area (Å²) in [6.45, 7) is 6.42. The van der Waals surface area contributed by atoms with E-state index in [-0.39, 0.29) is 19.1 Å². The van der Waals surface area contributed by atoms with Crippen LogP contribution in [0, 0.1) is 5.92 Å². The van der Waals surface area contributed by atoms with Gasteiger partial charge in [0.15, 0.2) is 6.61 Å². The number of carbonyl (C=O) groups excluding carboxylic acids is 1. The third-order valence-corrected chi connectivity index (χ3v) is 4.01. The van der Waals surface area contributed by atoms with E-state index in [0.29, 0.717) is 43.7 Å². The summed E-state index contributed by atoms with van der Waals surface area (Å²) in [5, 5.41) is 15.9. The van der Waals surface area contributed by atoms with Crippen molar-refractivity contribution in [2.24, 2.45) is 5.92 Å². The summed E-state index contributed by atoms with van der Waals surface area (Å²) in [5.41, 5.74) is 0. The zero-order valence-corrected chi connectivity index (χ0v) is 17.7. The number of rotatable bonds is 14. The molecule has 0 saturated carbocycles. The van der Waals surface area contributed by atoms with E-state index in [1.807, 2.05) is 44.2 Å². The lowest BCUT2D eigenvalue weighted by Crippen LogP contribution is -2.33. The largest absolute Gasteiger partial charge is 0.492 e. The number of amides is 1. The van der Waals surface area contributed by atoms with Crippen LogP contribution in [0.5, 0.6) is 17.2 Å². The Balaban J connectivity index is 1.54. The third-order valence-electron chi connectivity index (χ3n) is 4.01. The summed E-state index contributed by atoms with van der Waals surface area (Å²) >= 11 is 0. The minimum atomic E-state index is -0.598. The van der Waals surface area contributed by atoms with Gasteiger partial charge in [-0.3, -0.25) is 4.79 Å². The van der Waals surface area contributed by atoms with Crippen molar-refractivity contribution in [2.75, 3.05) is 39.5 Å². The van der Waals surface area contributed by atoms with Gasteiger partial charge in [0.1, 0.15) is 36.6 Å². The van der Waals surface area contributed by atoms with Gasteiger partial charge in [0.05, 0.1) is 0 Å². The maximum atomic E-state index is 11.7. The van der Waals surface area contributed by atoms with Crippen LogP contribution in [0.25, 0.3) is 0 Å². The number of hydrogen-bond acceptors (Lipinski definition) is 6. The van der Waals surface area contributed by atoms with Crippen LogP contribution in [-0.2, 0) is 4.79 Å². The van der Waals surface area contributed by atoms with Crippen molar-refractivity contribution in [3.05, 3.63) is 54.6 Å². The molecule has 0 aromatic heterocycles. The number of carbonyl (C=O) groups is 1. The minimum Gasteiger partial charge on any atom is -0.492 e. The predicted molar refractivity (Wildman–Crippen MR) is 116 cm³/mol. The average Bonchev–Trinajstić information content (AvgIpc) is 2.76. The quantitative estimate of drug-likeness (QED) is 0.410. The standard InChI is InChI=1S/C23H32N2O5/c1-18(2)14-25-23(27)17-30-22-10-8-21(9-11-22)28-13-12-24-15-19(26)16-29-20-6-4-3-5-7-20/h3-11,18-19,24,26H,12-17H2,1-2H3,(H,25,27). The van der Waals surface area contributed by atoms with Crippen LogP contribution in [0.2, 0.25) is 0 Å². The summed E-state index contributed by atoms with van der Waals surface area (Å²) in [5.74, 6) is 2.34. The molecule has 164 valence electrons. The highest BCUT2D eigenvalue weighted by Crippen LogP contribution is 2.17. The lowest BCUT2D eigenvalue weighted by atomic mass is 10.2. The van der Waals surface area contributed by atoms with Gasteiger partial charge in [0.2, 0.25) is 0 Å². The summed E-state index contributed by atoms with van der Waals surface area (Å²) in [7, 11) is 0. The van der Waals surface area contributed by atoms with E-state index in [9.17, 15) is 9.90 Å². The van der Waals surface area contributed by atoms with Crippen molar-refractivity contribution in [3.8, 4) is 17.2 Å². The highest BCUT2D eigenvalue weighted by molar-refractivity contribution is 5.77. The van der Waals surface area contributed by atoms with Gasteiger partial charge in [0, 0.05) is 19.6 Å². The van der Waals surface area contributed by atoms with Gasteiger partial charge in [-0.15, -0.1) is 0 Å². The van der Waals surface area contributed by atoms with Crippen LogP contribution in [0.3, 0.4) is 0 Å². The van der Waals surface area contributed by atoms with Crippen molar-refractivity contribution < 1.29 is 24.1 Å². The molecule has 3 N–H and O–H groups in total. The molecule has 0 radical (unpaired) electrons. The fraction of sp³-hybridized carbons (Fsp3) is 0.435. The SMILES string of the molecule is CC(C)CNC(=O)COc1ccc(OCCNCC(O)COc2ccccc2)cc1. The van der Waals surface area contributed by atoms with Crippen molar-refractivity contribution >= 4 is 5.91 Å². The fourth-order valence-corrected chi connectivity index (χ4v) is 2.43. The highest BCUT2D eigenvalue weighted by Gasteiger charge is 2.06. The molecule has 0 saturated heterocycles. The van der Waals surface area contributed by atoms with Gasteiger partial charge in [-0.25, -0.2) is 0 Å². The van der Waals surface area contributed by atoms with Gasteiger partial charge in [-0.1, -0.05) is 32.0 Å². The molecule has 0 fully saturated rings. The number of nitrogens with one attached hydrogen (secondary N) is 2. The first-order chi connectivity index (χ1) is 14.5. The molecule has 0 aliphatic heterocycles. The summed E-state index contributed by atoms with van der Waals surface area (Å²) in [6, 6.07) is 16.5. The van der Waals surface area contributed by atoms with Crippen molar-refractivity contribution in [1.82, 2.24) is 10.6 Å². The van der Waals surface area contributed by atoms with Crippen LogP contribution in [0.1, 0.15) is 13.8 Å². The van der Waals surface area contributed by atoms with Gasteiger partial charge in [0.25, 0.3) is 5.91 Å². The number of hydrogen-bond donors (Lipinski definition) is 3. The van der Waals surface area contributed by atoms with Crippen LogP contribution in [-0.4, -0.2) is 56.6 Å². The number of benzene rings is 2. The molecule has 2 rings (SSSR count). The summed E-state index contributed by atoms with van der Waals surface area (Å²) < 4.78 is 16.6. The molecule has 1 amide bonds. The Bertz CT molecular complexity index is 722. The predicted octanol–water partition coefficient (Wildman–Crippen LogP) is 2.25. The minimum absolute atomic E-state index is 0.00679. The van der Waals surface area contributed by atoms with E-state index >= 15 is 0 Å². The van der Waals surface area contributed by atoms with Gasteiger partial charge >= 0.3 is 0 Å². The van der Waals surface area contributed by atoms with Crippen molar-refractivity contribution in [3.63, 3.8) is 0 Å². The Hall–Kier alpha value is -2.77. The van der Waals surface area contributed by atoms with Gasteiger partial charge < -0.3 is 30.0 Å². The molecule has 1 atom stereocenters. The summed E-state index contributed by atoms with van der Waals surface area (Å²) in [6.07, 6.45) is -0.598. The van der Waals surface area contributed by atoms with Crippen LogP contribution >= 0.6 is 0 Å². The number of para-hydroxylation sites is 1. The van der Waals surface area contributed by atoms with E-state index in [0.717, 1.165) is 5.75 Å². The van der Waals surface area contributed by atoms with Crippen molar-refractivity contribution in [2.45, 2.75) is 20.0 Å². The Morgan fingerprint density at radius 3 is 2.20 bits per heavy atom. The first-order valence-corrected chi connectivity index (χ1v) is 10.2. The van der Waals surface area contributed by atoms with Crippen LogP contribution in [0.15, 0.2) is 54.6 Å². The third kappa shape index (κ3) is 10.1. The molecule has 7 heteroatoms. The lowest BCUT2D eigenvalue weighted by molar-refractivity contribution is -0.123. The Kier molecular flexibility index (Phi) is 10.5. The monoisotopic (exact) mass is 416 g/mol. The first-order valence-electron chi connectivity index (χ1n) is 10.2. The molecule has 2 aromatic rings. The molecule has 0 aliphatic rings. The van der Waals surface area contributed by atoms with Crippen LogP contribution in [0.4, 0.5) is 0 Å². The van der Waals surface area contributed by atoms with E-state index in [2.05, 4.69) is 10.6 Å². The van der Waals surface area contributed by atoms with Gasteiger partial charge in [-0.05, 0) is 42.3 Å². The van der Waals surface area contributed by atoms with E-state index in [1.54, 1.807) is 24.3 Å². The lowest BCUT2D eigenvalue weighted by Gasteiger charge is -2.13. The second kappa shape index (κ2) is 13.5. The normalized spacial score (nSPS) is 11.7. The molecule has 1 unspecified atom stereocenters. The van der Waals surface area contributed by atoms with Crippen LogP contribution < -0.4 is 24.8 Å². The van der Waals surface area contributed by atoms with E-state index in [1.165, 1.54) is 0 Å². The molecule has 0 bridgehead atoms. The van der Waals surface area contributed by atoms with Crippen molar-refractivity contribution in [1.29, 1.82) is 0 Å². The molecule has 0 heterocycles. The molecular weight excluding hydrogens is 384 g/mol. The highest BCUT2D eigenvalue weighted by atomic mass is 16.5. The maximum absolute atomic E-state index is 11.7. The number of ether oxygens (including phenoxy) is 3. The fourth-order valence-electron chi connectivity index (χ4n) is 2.43. The Labute approximate surface area is 178 Å². The topological polar surface area (TPSA) is 89.1 Å². The first kappa shape index (κ1) is 23.5. The second-order valence-electron chi connectivity index (χ2n) is 7.29. The molecule has 7 nitrogen and oxygen atoms in total. The molecule has 0 aliphatic carbocycles. The molecule has 30 heavy (non-hydrogen) atoms. The average molecular weight is 417 g/mol. The van der Waals surface area contributed by atoms with Gasteiger partial charge in [-0.2, -0.15) is 0 Å². The molecule has 0 spiro atoms. The Morgan fingerprint density at radius 2 is 1.53 bits per heavy atom. The molecular formula is C23H32N2O5. The van der Waals surface area contributed by atoms with E-state index < -0.39 is 6.10 Å². The number of aliphatic hydroxyl groups is 1. The second-order valence-corrected chi connectivity index (χ2v) is 7.29. The smallest absolute Gasteiger partial charge is 0.257 e. The van der Waals surface area contributed by atoms with E-state index in [4.69, 9.17) is 14.2 Å². The zero-order valence-electron chi connectivity index (χ0n) is 17.7. The molecule has 2 aromatic carbocycles. The number of aliphatic hydroxyl groups excluding tert-OH is 1. The summed E-state index contributed by atoms with van der Waals surface area (Å²) in [4.78, 5) is 11.7. The Morgan fingerprint density at radius 1 is 0.900 bits per heavy atom. The maximum Gasteiger partial charge on any atom is 0.257 e.